The van der Waals surface area contributed by atoms with Gasteiger partial charge in [0, 0.05) is 42.3 Å². The van der Waals surface area contributed by atoms with E-state index in [0.29, 0.717) is 29.7 Å². The van der Waals surface area contributed by atoms with Crippen LogP contribution in [0.5, 0.6) is 0 Å². The summed E-state index contributed by atoms with van der Waals surface area (Å²) in [5, 5.41) is 1.40. The Bertz CT molecular complexity index is 837. The maximum atomic E-state index is 12.6. The van der Waals surface area contributed by atoms with Crippen LogP contribution >= 0.6 is 11.6 Å². The predicted octanol–water partition coefficient (Wildman–Crippen LogP) is 3.46. The highest BCUT2D eigenvalue weighted by atomic mass is 35.5. The van der Waals surface area contributed by atoms with Crippen LogP contribution in [0.2, 0.25) is 5.02 Å². The monoisotopic (exact) mass is 311 g/mol. The fraction of sp³-hybridized carbons (Fsp3) is 0.176. The molecule has 1 saturated heterocycles. The minimum atomic E-state index is -0.0356. The Kier molecular flexibility index (Phi) is 3.12. The summed E-state index contributed by atoms with van der Waals surface area (Å²) in [6.07, 6.45) is 3.57. The minimum Gasteiger partial charge on any atom is -0.349 e. The second kappa shape index (κ2) is 5.14. The summed E-state index contributed by atoms with van der Waals surface area (Å²) in [5.74, 6) is 0.349. The van der Waals surface area contributed by atoms with Crippen LogP contribution in [0, 0.1) is 0 Å². The van der Waals surface area contributed by atoms with Crippen molar-refractivity contribution in [2.24, 2.45) is 0 Å². The van der Waals surface area contributed by atoms with Crippen molar-refractivity contribution in [3.63, 3.8) is 0 Å². The van der Waals surface area contributed by atoms with E-state index in [1.807, 2.05) is 41.3 Å². The Balaban J connectivity index is 1.54. The molecule has 0 spiro atoms. The van der Waals surface area contributed by atoms with E-state index in [2.05, 4.69) is 9.97 Å². The zero-order valence-electron chi connectivity index (χ0n) is 11.8. The van der Waals surface area contributed by atoms with Crippen molar-refractivity contribution in [1.29, 1.82) is 0 Å². The highest BCUT2D eigenvalue weighted by Gasteiger charge is 2.33. The smallest absolute Gasteiger partial charge is 0.271 e. The van der Waals surface area contributed by atoms with E-state index in [9.17, 15) is 4.79 Å². The largest absolute Gasteiger partial charge is 0.349 e. The third kappa shape index (κ3) is 2.07. The molecule has 5 heteroatoms. The average Bonchev–Trinajstić information content (AvgIpc) is 2.84. The molecule has 0 unspecified atom stereocenters. The van der Waals surface area contributed by atoms with E-state index in [1.54, 1.807) is 12.4 Å². The lowest BCUT2D eigenvalue weighted by Gasteiger charge is -2.39. The average molecular weight is 312 g/mol. The first-order valence-electron chi connectivity index (χ1n) is 7.19. The van der Waals surface area contributed by atoms with E-state index in [1.165, 1.54) is 5.56 Å². The summed E-state index contributed by atoms with van der Waals surface area (Å²) in [5.41, 5.74) is 2.60. The molecule has 1 amide bonds. The van der Waals surface area contributed by atoms with Crippen LogP contribution in [0.25, 0.3) is 10.9 Å². The van der Waals surface area contributed by atoms with E-state index >= 15 is 0 Å². The highest BCUT2D eigenvalue weighted by molar-refractivity contribution is 6.38. The van der Waals surface area contributed by atoms with Gasteiger partial charge in [-0.2, -0.15) is 0 Å². The first-order valence-corrected chi connectivity index (χ1v) is 7.57. The van der Waals surface area contributed by atoms with Crippen molar-refractivity contribution in [3.05, 3.63) is 65.1 Å². The molecule has 0 aliphatic carbocycles. The molecule has 1 fully saturated rings. The normalized spacial score (nSPS) is 15.0. The van der Waals surface area contributed by atoms with Gasteiger partial charge in [-0.1, -0.05) is 29.8 Å². The summed E-state index contributed by atoms with van der Waals surface area (Å²) < 4.78 is 0. The van der Waals surface area contributed by atoms with Crippen molar-refractivity contribution >= 4 is 28.4 Å². The number of para-hydroxylation sites is 1. The van der Waals surface area contributed by atoms with Gasteiger partial charge in [0.15, 0.2) is 0 Å². The number of rotatable bonds is 2. The van der Waals surface area contributed by atoms with Crippen LogP contribution in [0.15, 0.2) is 48.8 Å². The number of benzene rings is 1. The molecule has 3 aromatic rings. The molecule has 22 heavy (non-hydrogen) atoms. The summed E-state index contributed by atoms with van der Waals surface area (Å²) in [7, 11) is 0. The van der Waals surface area contributed by atoms with Crippen LogP contribution < -0.4 is 0 Å². The first-order chi connectivity index (χ1) is 10.7. The molecular weight excluding hydrogens is 298 g/mol. The van der Waals surface area contributed by atoms with E-state index in [-0.39, 0.29) is 5.91 Å². The van der Waals surface area contributed by atoms with Gasteiger partial charge in [-0.05, 0) is 23.8 Å². The molecule has 110 valence electrons. The Morgan fingerprint density at radius 1 is 1.18 bits per heavy atom. The van der Waals surface area contributed by atoms with Gasteiger partial charge in [-0.25, -0.2) is 0 Å². The van der Waals surface area contributed by atoms with Crippen molar-refractivity contribution in [2.45, 2.75) is 5.92 Å². The summed E-state index contributed by atoms with van der Waals surface area (Å²) >= 11 is 6.34. The zero-order chi connectivity index (χ0) is 15.1. The molecule has 1 aliphatic heterocycles. The Hall–Kier alpha value is -2.33. The number of H-pyrrole nitrogens is 1. The first kappa shape index (κ1) is 13.3. The minimum absolute atomic E-state index is 0.0356. The molecule has 0 atom stereocenters. The van der Waals surface area contributed by atoms with Gasteiger partial charge in [0.2, 0.25) is 0 Å². The fourth-order valence-corrected chi connectivity index (χ4v) is 3.20. The van der Waals surface area contributed by atoms with E-state index in [4.69, 9.17) is 11.6 Å². The number of nitrogens with zero attached hydrogens (tertiary/aromatic N) is 2. The Morgan fingerprint density at radius 3 is 2.64 bits per heavy atom. The number of carbonyl (C=O) groups is 1. The highest BCUT2D eigenvalue weighted by Crippen LogP contribution is 2.32. The molecule has 0 saturated carbocycles. The summed E-state index contributed by atoms with van der Waals surface area (Å²) in [4.78, 5) is 21.6. The molecular formula is C17H14ClN3O. The molecule has 1 aliphatic rings. The summed E-state index contributed by atoms with van der Waals surface area (Å²) in [6.45, 7) is 1.43. The standard InChI is InChI=1S/C17H14ClN3O/c18-15-13-3-1-2-4-14(13)20-16(15)17(22)21-9-12(10-21)11-5-7-19-8-6-11/h1-8,12,20H,9-10H2. The second-order valence-electron chi connectivity index (χ2n) is 5.55. The van der Waals surface area contributed by atoms with Crippen molar-refractivity contribution in [1.82, 2.24) is 14.9 Å². The lowest BCUT2D eigenvalue weighted by atomic mass is 9.92. The SMILES string of the molecule is O=C(c1[nH]c2ccccc2c1Cl)N1CC(c2ccncc2)C1. The number of carbonyl (C=O) groups excluding carboxylic acids is 1. The number of aromatic nitrogens is 2. The molecule has 3 heterocycles. The molecule has 2 aromatic heterocycles. The van der Waals surface area contributed by atoms with E-state index < -0.39 is 0 Å². The number of fused-ring (bicyclic) bond motifs is 1. The van der Waals surface area contributed by atoms with Crippen LogP contribution in [0.3, 0.4) is 0 Å². The predicted molar refractivity (Wildman–Crippen MR) is 86.2 cm³/mol. The van der Waals surface area contributed by atoms with Crippen molar-refractivity contribution in [3.8, 4) is 0 Å². The number of aromatic amines is 1. The van der Waals surface area contributed by atoms with Gasteiger partial charge >= 0.3 is 0 Å². The molecule has 0 bridgehead atoms. The van der Waals surface area contributed by atoms with Crippen LogP contribution in [0.1, 0.15) is 22.0 Å². The molecule has 0 radical (unpaired) electrons. The third-order valence-electron chi connectivity index (χ3n) is 4.20. The van der Waals surface area contributed by atoms with Crippen LogP contribution in [-0.4, -0.2) is 33.9 Å². The lowest BCUT2D eigenvalue weighted by Crippen LogP contribution is -2.48. The maximum Gasteiger partial charge on any atom is 0.271 e. The number of pyridine rings is 1. The number of nitrogens with one attached hydrogen (secondary N) is 1. The fourth-order valence-electron chi connectivity index (χ4n) is 2.90. The molecule has 1 N–H and O–H groups in total. The number of hydrogen-bond donors (Lipinski definition) is 1. The molecule has 4 nitrogen and oxygen atoms in total. The van der Waals surface area contributed by atoms with Gasteiger partial charge in [0.05, 0.1) is 5.02 Å². The molecule has 4 rings (SSSR count). The quantitative estimate of drug-likeness (QED) is 0.788. The van der Waals surface area contributed by atoms with Crippen LogP contribution in [-0.2, 0) is 0 Å². The Labute approximate surface area is 132 Å². The zero-order valence-corrected chi connectivity index (χ0v) is 12.5. The molecule has 1 aromatic carbocycles. The summed E-state index contributed by atoms with van der Waals surface area (Å²) in [6, 6.07) is 11.7. The van der Waals surface area contributed by atoms with Gasteiger partial charge in [-0.15, -0.1) is 0 Å². The second-order valence-corrected chi connectivity index (χ2v) is 5.93. The lowest BCUT2D eigenvalue weighted by molar-refractivity contribution is 0.0597. The van der Waals surface area contributed by atoms with Crippen LogP contribution in [0.4, 0.5) is 0 Å². The Morgan fingerprint density at radius 2 is 1.91 bits per heavy atom. The number of amides is 1. The van der Waals surface area contributed by atoms with Crippen molar-refractivity contribution in [2.75, 3.05) is 13.1 Å². The van der Waals surface area contributed by atoms with Gasteiger partial charge in [0.1, 0.15) is 5.69 Å². The maximum absolute atomic E-state index is 12.6. The third-order valence-corrected chi connectivity index (χ3v) is 4.60. The topological polar surface area (TPSA) is 49.0 Å². The van der Waals surface area contributed by atoms with E-state index in [0.717, 1.165) is 10.9 Å². The van der Waals surface area contributed by atoms with Gasteiger partial charge in [-0.3, -0.25) is 9.78 Å². The van der Waals surface area contributed by atoms with Gasteiger partial charge in [0.25, 0.3) is 5.91 Å². The van der Waals surface area contributed by atoms with Crippen molar-refractivity contribution < 1.29 is 4.79 Å². The number of likely N-dealkylation sites (tertiary alicyclic amines) is 1. The van der Waals surface area contributed by atoms with Gasteiger partial charge < -0.3 is 9.88 Å². The number of hydrogen-bond acceptors (Lipinski definition) is 2. The number of halogens is 1.